The molecule has 2 rings (SSSR count). The number of nitrogens with zero attached hydrogens (tertiary/aromatic N) is 3. The lowest BCUT2D eigenvalue weighted by molar-refractivity contribution is 0.0948. The van der Waals surface area contributed by atoms with E-state index < -0.39 is 0 Å². The third kappa shape index (κ3) is 2.72. The molecule has 0 bridgehead atoms. The Balaban J connectivity index is 2.18. The highest BCUT2D eigenvalue weighted by Gasteiger charge is 2.16. The molecular formula is C13H20N6O. The smallest absolute Gasteiger partial charge is 0.269 e. The highest BCUT2D eigenvalue weighted by Crippen LogP contribution is 2.24. The Kier molecular flexibility index (Phi) is 4.19. The Labute approximate surface area is 117 Å². The second kappa shape index (κ2) is 5.87. The van der Waals surface area contributed by atoms with Crippen molar-refractivity contribution >= 4 is 5.91 Å². The highest BCUT2D eigenvalue weighted by atomic mass is 16.1. The molecule has 0 radical (unpaired) electrons. The molecule has 2 aromatic heterocycles. The average Bonchev–Trinajstić information content (AvgIpc) is 2.96. The van der Waals surface area contributed by atoms with E-state index in [1.165, 1.54) is 0 Å². The molecule has 108 valence electrons. The first kappa shape index (κ1) is 14.3. The van der Waals surface area contributed by atoms with Crippen molar-refractivity contribution in [2.45, 2.75) is 20.3 Å². The van der Waals surface area contributed by atoms with Gasteiger partial charge in [0.2, 0.25) is 0 Å². The van der Waals surface area contributed by atoms with E-state index in [-0.39, 0.29) is 5.91 Å². The molecule has 2 aromatic rings. The molecule has 2 heterocycles. The fourth-order valence-electron chi connectivity index (χ4n) is 2.11. The van der Waals surface area contributed by atoms with Gasteiger partial charge < -0.3 is 11.1 Å². The first-order chi connectivity index (χ1) is 9.54. The molecule has 0 saturated heterocycles. The molecule has 4 N–H and O–H groups in total. The van der Waals surface area contributed by atoms with Crippen molar-refractivity contribution in [2.75, 3.05) is 13.1 Å². The van der Waals surface area contributed by atoms with Crippen LogP contribution in [0.2, 0.25) is 0 Å². The van der Waals surface area contributed by atoms with Gasteiger partial charge in [-0.05, 0) is 32.9 Å². The van der Waals surface area contributed by atoms with Gasteiger partial charge in [0.1, 0.15) is 5.69 Å². The van der Waals surface area contributed by atoms with E-state index in [2.05, 4.69) is 20.6 Å². The first-order valence-electron chi connectivity index (χ1n) is 6.58. The molecule has 0 spiro atoms. The second-order valence-electron chi connectivity index (χ2n) is 4.73. The summed E-state index contributed by atoms with van der Waals surface area (Å²) in [5.41, 5.74) is 9.44. The van der Waals surface area contributed by atoms with Gasteiger partial charge in [-0.3, -0.25) is 14.6 Å². The monoisotopic (exact) mass is 276 g/mol. The van der Waals surface area contributed by atoms with Crippen LogP contribution in [0.1, 0.15) is 28.3 Å². The summed E-state index contributed by atoms with van der Waals surface area (Å²) in [7, 11) is 1.89. The van der Waals surface area contributed by atoms with Gasteiger partial charge in [-0.25, -0.2) is 0 Å². The normalized spacial score (nSPS) is 10.8. The van der Waals surface area contributed by atoms with Crippen LogP contribution in [-0.2, 0) is 7.05 Å². The molecule has 7 heteroatoms. The molecule has 0 aliphatic carbocycles. The summed E-state index contributed by atoms with van der Waals surface area (Å²) in [6, 6.07) is 1.74. The number of aromatic nitrogens is 4. The van der Waals surface area contributed by atoms with Crippen LogP contribution in [0.5, 0.6) is 0 Å². The zero-order chi connectivity index (χ0) is 14.7. The number of rotatable bonds is 5. The van der Waals surface area contributed by atoms with Crippen LogP contribution in [0, 0.1) is 13.8 Å². The van der Waals surface area contributed by atoms with Gasteiger partial charge >= 0.3 is 0 Å². The molecule has 20 heavy (non-hydrogen) atoms. The number of hydrogen-bond acceptors (Lipinski definition) is 4. The summed E-state index contributed by atoms with van der Waals surface area (Å²) in [5.74, 6) is -0.170. The van der Waals surface area contributed by atoms with Crippen LogP contribution in [-0.4, -0.2) is 39.0 Å². The van der Waals surface area contributed by atoms with Gasteiger partial charge in [-0.15, -0.1) is 0 Å². The van der Waals surface area contributed by atoms with Crippen molar-refractivity contribution in [3.8, 4) is 11.3 Å². The van der Waals surface area contributed by atoms with Gasteiger partial charge in [-0.2, -0.15) is 10.2 Å². The number of nitrogens with two attached hydrogens (primary N) is 1. The van der Waals surface area contributed by atoms with E-state index >= 15 is 0 Å². The van der Waals surface area contributed by atoms with Crippen LogP contribution >= 0.6 is 0 Å². The largest absolute Gasteiger partial charge is 0.351 e. The lowest BCUT2D eigenvalue weighted by atomic mass is 10.1. The summed E-state index contributed by atoms with van der Waals surface area (Å²) in [4.78, 5) is 11.9. The zero-order valence-electron chi connectivity index (χ0n) is 12.0. The van der Waals surface area contributed by atoms with Crippen LogP contribution in [0.4, 0.5) is 0 Å². The van der Waals surface area contributed by atoms with Crippen LogP contribution in [0.15, 0.2) is 6.07 Å². The Hall–Kier alpha value is -2.15. The van der Waals surface area contributed by atoms with E-state index in [0.29, 0.717) is 18.8 Å². The minimum absolute atomic E-state index is 0.170. The number of aromatic amines is 1. The molecule has 0 aliphatic rings. The summed E-state index contributed by atoms with van der Waals surface area (Å²) in [6.07, 6.45) is 0.757. The molecule has 0 atom stereocenters. The zero-order valence-corrected chi connectivity index (χ0v) is 12.0. The highest BCUT2D eigenvalue weighted by molar-refractivity contribution is 5.93. The number of carbonyl (C=O) groups is 1. The molecule has 1 amide bonds. The Bertz CT molecular complexity index is 612. The lowest BCUT2D eigenvalue weighted by Gasteiger charge is -2.00. The molecule has 0 aliphatic heterocycles. The quantitative estimate of drug-likeness (QED) is 0.692. The second-order valence-corrected chi connectivity index (χ2v) is 4.73. The van der Waals surface area contributed by atoms with Crippen molar-refractivity contribution in [3.63, 3.8) is 0 Å². The summed E-state index contributed by atoms with van der Waals surface area (Å²) < 4.78 is 1.81. The van der Waals surface area contributed by atoms with Crippen molar-refractivity contribution in [1.82, 2.24) is 25.3 Å². The van der Waals surface area contributed by atoms with Crippen molar-refractivity contribution < 1.29 is 4.79 Å². The van der Waals surface area contributed by atoms with Crippen molar-refractivity contribution in [3.05, 3.63) is 23.1 Å². The molecular weight excluding hydrogens is 256 g/mol. The van der Waals surface area contributed by atoms with Gasteiger partial charge in [0.05, 0.1) is 11.4 Å². The van der Waals surface area contributed by atoms with E-state index in [4.69, 9.17) is 5.73 Å². The summed E-state index contributed by atoms with van der Waals surface area (Å²) >= 11 is 0. The SMILES string of the molecule is Cc1nn(C)c(C)c1-c1cc(C(=O)NCCCN)[nH]n1. The van der Waals surface area contributed by atoms with Crippen LogP contribution < -0.4 is 11.1 Å². The fraction of sp³-hybridized carbons (Fsp3) is 0.462. The molecule has 0 aromatic carbocycles. The molecule has 0 unspecified atom stereocenters. The maximum atomic E-state index is 11.9. The summed E-state index contributed by atoms with van der Waals surface area (Å²) in [6.45, 7) is 5.03. The topological polar surface area (TPSA) is 102 Å². The molecule has 0 saturated carbocycles. The maximum Gasteiger partial charge on any atom is 0.269 e. The Morgan fingerprint density at radius 2 is 2.25 bits per heavy atom. The minimum Gasteiger partial charge on any atom is -0.351 e. The summed E-state index contributed by atoms with van der Waals surface area (Å²) in [5, 5.41) is 14.1. The Morgan fingerprint density at radius 3 is 2.85 bits per heavy atom. The third-order valence-corrected chi connectivity index (χ3v) is 3.25. The van der Waals surface area contributed by atoms with Gasteiger partial charge in [0.25, 0.3) is 5.91 Å². The molecule has 0 fully saturated rings. The number of aryl methyl sites for hydroxylation is 2. The maximum absolute atomic E-state index is 11.9. The number of amides is 1. The Morgan fingerprint density at radius 1 is 1.50 bits per heavy atom. The van der Waals surface area contributed by atoms with Crippen LogP contribution in [0.25, 0.3) is 11.3 Å². The van der Waals surface area contributed by atoms with E-state index in [1.807, 2.05) is 20.9 Å². The van der Waals surface area contributed by atoms with Gasteiger partial charge in [0, 0.05) is 24.8 Å². The van der Waals surface area contributed by atoms with E-state index in [9.17, 15) is 4.79 Å². The van der Waals surface area contributed by atoms with Gasteiger partial charge in [0.15, 0.2) is 0 Å². The van der Waals surface area contributed by atoms with E-state index in [0.717, 1.165) is 29.1 Å². The lowest BCUT2D eigenvalue weighted by Crippen LogP contribution is -2.26. The predicted octanol–water partition coefficient (Wildman–Crippen LogP) is 0.506. The van der Waals surface area contributed by atoms with Crippen LogP contribution in [0.3, 0.4) is 0 Å². The van der Waals surface area contributed by atoms with Gasteiger partial charge in [-0.1, -0.05) is 0 Å². The molecule has 7 nitrogen and oxygen atoms in total. The van der Waals surface area contributed by atoms with E-state index in [1.54, 1.807) is 10.7 Å². The number of hydrogen-bond donors (Lipinski definition) is 3. The number of H-pyrrole nitrogens is 1. The predicted molar refractivity (Wildman–Crippen MR) is 76.3 cm³/mol. The standard InChI is InChI=1S/C13H20N6O/c1-8-12(9(2)19(3)18-8)10-7-11(17-16-10)13(20)15-6-4-5-14/h7H,4-6,14H2,1-3H3,(H,15,20)(H,16,17). The fourth-order valence-corrected chi connectivity index (χ4v) is 2.11. The number of nitrogens with one attached hydrogen (secondary N) is 2. The minimum atomic E-state index is -0.170. The third-order valence-electron chi connectivity index (χ3n) is 3.25. The van der Waals surface area contributed by atoms with Crippen molar-refractivity contribution in [2.24, 2.45) is 12.8 Å². The van der Waals surface area contributed by atoms with Crippen molar-refractivity contribution in [1.29, 1.82) is 0 Å². The number of carbonyl (C=O) groups excluding carboxylic acids is 1. The average molecular weight is 276 g/mol. The first-order valence-corrected chi connectivity index (χ1v) is 6.58.